The summed E-state index contributed by atoms with van der Waals surface area (Å²) >= 11 is 8.00. The van der Waals surface area contributed by atoms with Crippen molar-refractivity contribution in [3.8, 4) is 0 Å². The Morgan fingerprint density at radius 1 is 1.53 bits per heavy atom. The Morgan fingerprint density at radius 3 is 3.05 bits per heavy atom. The van der Waals surface area contributed by atoms with Gasteiger partial charge in [-0.05, 0) is 19.1 Å². The highest BCUT2D eigenvalue weighted by Crippen LogP contribution is 2.21. The van der Waals surface area contributed by atoms with Crippen LogP contribution in [0.5, 0.6) is 0 Å². The maximum Gasteiger partial charge on any atom is 0.225 e. The molecule has 0 saturated carbocycles. The lowest BCUT2D eigenvalue weighted by Gasteiger charge is -2.32. The van der Waals surface area contributed by atoms with Gasteiger partial charge < -0.3 is 5.32 Å². The molecule has 1 N–H and O–H groups in total. The first-order valence-corrected chi connectivity index (χ1v) is 8.06. The van der Waals surface area contributed by atoms with Crippen LogP contribution in [-0.2, 0) is 4.79 Å². The number of hydrogen-bond acceptors (Lipinski definition) is 3. The predicted molar refractivity (Wildman–Crippen MR) is 83.1 cm³/mol. The maximum absolute atomic E-state index is 11.9. The van der Waals surface area contributed by atoms with Gasteiger partial charge in [-0.1, -0.05) is 23.7 Å². The van der Waals surface area contributed by atoms with E-state index in [0.29, 0.717) is 23.2 Å². The summed E-state index contributed by atoms with van der Waals surface area (Å²) in [6.07, 6.45) is 0.514. The lowest BCUT2D eigenvalue weighted by molar-refractivity contribution is -0.116. The van der Waals surface area contributed by atoms with E-state index in [1.807, 2.05) is 30.0 Å². The number of anilines is 1. The van der Waals surface area contributed by atoms with Crippen LogP contribution in [0, 0.1) is 0 Å². The number of amides is 1. The summed E-state index contributed by atoms with van der Waals surface area (Å²) in [6.45, 7) is 4.11. The zero-order valence-electron chi connectivity index (χ0n) is 11.1. The number of rotatable bonds is 4. The second kappa shape index (κ2) is 7.17. The van der Waals surface area contributed by atoms with Crippen LogP contribution in [0.2, 0.25) is 5.02 Å². The first kappa shape index (κ1) is 14.7. The van der Waals surface area contributed by atoms with Crippen molar-refractivity contribution in [2.45, 2.75) is 19.4 Å². The number of nitrogens with zero attached hydrogens (tertiary/aromatic N) is 1. The molecule has 0 radical (unpaired) electrons. The summed E-state index contributed by atoms with van der Waals surface area (Å²) in [6, 6.07) is 7.88. The molecule has 3 nitrogen and oxygen atoms in total. The SMILES string of the molecule is C[C@@H]1CSCCN1CCC(=O)Nc1ccccc1Cl. The van der Waals surface area contributed by atoms with Gasteiger partial charge in [0.05, 0.1) is 10.7 Å². The van der Waals surface area contributed by atoms with Gasteiger partial charge in [0.2, 0.25) is 5.91 Å². The molecule has 1 aromatic carbocycles. The van der Waals surface area contributed by atoms with Crippen LogP contribution in [0.25, 0.3) is 0 Å². The van der Waals surface area contributed by atoms with E-state index >= 15 is 0 Å². The van der Waals surface area contributed by atoms with Crippen molar-refractivity contribution in [3.05, 3.63) is 29.3 Å². The molecule has 1 heterocycles. The molecule has 2 rings (SSSR count). The highest BCUT2D eigenvalue weighted by Gasteiger charge is 2.19. The van der Waals surface area contributed by atoms with Gasteiger partial charge in [-0.3, -0.25) is 9.69 Å². The van der Waals surface area contributed by atoms with Crippen molar-refractivity contribution in [3.63, 3.8) is 0 Å². The second-order valence-corrected chi connectivity index (χ2v) is 6.29. The molecular weight excluding hydrogens is 280 g/mol. The highest BCUT2D eigenvalue weighted by molar-refractivity contribution is 7.99. The summed E-state index contributed by atoms with van der Waals surface area (Å²) in [5.74, 6) is 2.35. The summed E-state index contributed by atoms with van der Waals surface area (Å²) in [7, 11) is 0. The third kappa shape index (κ3) is 4.41. The standard InChI is InChI=1S/C14H19ClN2OS/c1-11-10-19-9-8-17(11)7-6-14(18)16-13-5-3-2-4-12(13)15/h2-5,11H,6-10H2,1H3,(H,16,18)/t11-/m1/s1. The normalized spacial score (nSPS) is 20.2. The van der Waals surface area contributed by atoms with E-state index in [4.69, 9.17) is 11.6 Å². The largest absolute Gasteiger partial charge is 0.325 e. The van der Waals surface area contributed by atoms with E-state index in [1.165, 1.54) is 0 Å². The van der Waals surface area contributed by atoms with Gasteiger partial charge in [0.25, 0.3) is 0 Å². The van der Waals surface area contributed by atoms with Gasteiger partial charge in [0, 0.05) is 37.1 Å². The molecule has 1 saturated heterocycles. The first-order chi connectivity index (χ1) is 9.16. The van der Waals surface area contributed by atoms with E-state index in [2.05, 4.69) is 17.1 Å². The number of carbonyl (C=O) groups is 1. The molecule has 0 aliphatic carbocycles. The predicted octanol–water partition coefficient (Wildman–Crippen LogP) is 3.11. The lowest BCUT2D eigenvalue weighted by atomic mass is 10.2. The average molecular weight is 299 g/mol. The Kier molecular flexibility index (Phi) is 5.55. The molecular formula is C14H19ClN2OS. The Balaban J connectivity index is 1.80. The Morgan fingerprint density at radius 2 is 2.32 bits per heavy atom. The monoisotopic (exact) mass is 298 g/mol. The highest BCUT2D eigenvalue weighted by atomic mass is 35.5. The molecule has 1 aromatic rings. The van der Waals surface area contributed by atoms with E-state index in [0.717, 1.165) is 24.6 Å². The second-order valence-electron chi connectivity index (χ2n) is 4.74. The van der Waals surface area contributed by atoms with Crippen LogP contribution in [-0.4, -0.2) is 41.4 Å². The first-order valence-electron chi connectivity index (χ1n) is 6.53. The molecule has 104 valence electrons. The van der Waals surface area contributed by atoms with Crippen molar-refractivity contribution in [1.82, 2.24) is 4.90 Å². The van der Waals surface area contributed by atoms with Gasteiger partial charge in [0.1, 0.15) is 0 Å². The van der Waals surface area contributed by atoms with Crippen molar-refractivity contribution < 1.29 is 4.79 Å². The van der Waals surface area contributed by atoms with Gasteiger partial charge in [-0.15, -0.1) is 0 Å². The Labute approximate surface area is 123 Å². The minimum absolute atomic E-state index is 0.0264. The molecule has 5 heteroatoms. The van der Waals surface area contributed by atoms with Crippen LogP contribution in [0.15, 0.2) is 24.3 Å². The molecule has 0 unspecified atom stereocenters. The Hall–Kier alpha value is -0.710. The maximum atomic E-state index is 11.9. The fourth-order valence-corrected chi connectivity index (χ4v) is 3.38. The summed E-state index contributed by atoms with van der Waals surface area (Å²) in [5.41, 5.74) is 0.691. The lowest BCUT2D eigenvalue weighted by Crippen LogP contribution is -2.41. The topological polar surface area (TPSA) is 32.3 Å². The molecule has 0 aromatic heterocycles. The van der Waals surface area contributed by atoms with E-state index in [-0.39, 0.29) is 5.91 Å². The number of benzene rings is 1. The van der Waals surface area contributed by atoms with Crippen molar-refractivity contribution in [2.24, 2.45) is 0 Å². The third-order valence-corrected chi connectivity index (χ3v) is 4.80. The van der Waals surface area contributed by atoms with Gasteiger partial charge in [-0.2, -0.15) is 11.8 Å². The van der Waals surface area contributed by atoms with Crippen molar-refractivity contribution in [2.75, 3.05) is 29.9 Å². The number of para-hydroxylation sites is 1. The minimum Gasteiger partial charge on any atom is -0.325 e. The van der Waals surface area contributed by atoms with Crippen LogP contribution in [0.1, 0.15) is 13.3 Å². The number of carbonyl (C=O) groups excluding carboxylic acids is 1. The summed E-state index contributed by atoms with van der Waals surface area (Å²) in [5, 5.41) is 3.44. The van der Waals surface area contributed by atoms with E-state index in [9.17, 15) is 4.79 Å². The zero-order chi connectivity index (χ0) is 13.7. The van der Waals surface area contributed by atoms with Crippen LogP contribution in [0.3, 0.4) is 0 Å². The van der Waals surface area contributed by atoms with E-state index in [1.54, 1.807) is 6.07 Å². The van der Waals surface area contributed by atoms with Crippen LogP contribution < -0.4 is 5.32 Å². The number of halogens is 1. The molecule has 1 atom stereocenters. The van der Waals surface area contributed by atoms with Gasteiger partial charge in [0.15, 0.2) is 0 Å². The van der Waals surface area contributed by atoms with Crippen molar-refractivity contribution >= 4 is 35.0 Å². The number of hydrogen-bond donors (Lipinski definition) is 1. The number of thioether (sulfide) groups is 1. The zero-order valence-corrected chi connectivity index (χ0v) is 12.6. The smallest absolute Gasteiger partial charge is 0.225 e. The summed E-state index contributed by atoms with van der Waals surface area (Å²) < 4.78 is 0. The van der Waals surface area contributed by atoms with Gasteiger partial charge in [-0.25, -0.2) is 0 Å². The minimum atomic E-state index is 0.0264. The fourth-order valence-electron chi connectivity index (χ4n) is 2.11. The Bertz CT molecular complexity index is 441. The number of nitrogens with one attached hydrogen (secondary N) is 1. The quantitative estimate of drug-likeness (QED) is 0.927. The van der Waals surface area contributed by atoms with Crippen LogP contribution in [0.4, 0.5) is 5.69 Å². The third-order valence-electron chi connectivity index (χ3n) is 3.28. The average Bonchev–Trinajstić information content (AvgIpc) is 2.40. The molecule has 1 aliphatic heterocycles. The molecule has 0 bridgehead atoms. The van der Waals surface area contributed by atoms with Crippen molar-refractivity contribution in [1.29, 1.82) is 0 Å². The summed E-state index contributed by atoms with van der Waals surface area (Å²) in [4.78, 5) is 14.3. The molecule has 1 aliphatic rings. The molecule has 1 fully saturated rings. The molecule has 19 heavy (non-hydrogen) atoms. The van der Waals surface area contributed by atoms with E-state index < -0.39 is 0 Å². The fraction of sp³-hybridized carbons (Fsp3) is 0.500. The van der Waals surface area contributed by atoms with Crippen LogP contribution >= 0.6 is 23.4 Å². The van der Waals surface area contributed by atoms with Gasteiger partial charge >= 0.3 is 0 Å². The molecule has 1 amide bonds. The molecule has 0 spiro atoms.